The van der Waals surface area contributed by atoms with Crippen LogP contribution < -0.4 is 0 Å². The maximum Gasteiger partial charge on any atom is 0.310 e. The highest BCUT2D eigenvalue weighted by atomic mass is 16.5. The van der Waals surface area contributed by atoms with Gasteiger partial charge in [0.05, 0.1) is 19.6 Å². The van der Waals surface area contributed by atoms with Crippen LogP contribution >= 0.6 is 0 Å². The van der Waals surface area contributed by atoms with Crippen LogP contribution in [0.25, 0.3) is 0 Å². The molecular formula is C15H20O4. The maximum absolute atomic E-state index is 11.5. The fourth-order valence-corrected chi connectivity index (χ4v) is 1.81. The molecule has 0 saturated carbocycles. The molecular weight excluding hydrogens is 244 g/mol. The van der Waals surface area contributed by atoms with E-state index in [2.05, 4.69) is 0 Å². The lowest BCUT2D eigenvalue weighted by Gasteiger charge is -2.08. The monoisotopic (exact) mass is 264 g/mol. The van der Waals surface area contributed by atoms with Crippen molar-refractivity contribution in [3.8, 4) is 0 Å². The van der Waals surface area contributed by atoms with Gasteiger partial charge in [0.2, 0.25) is 0 Å². The lowest BCUT2D eigenvalue weighted by molar-refractivity contribution is -0.143. The van der Waals surface area contributed by atoms with Gasteiger partial charge in [-0.15, -0.1) is 0 Å². The second-order valence-electron chi connectivity index (χ2n) is 4.06. The van der Waals surface area contributed by atoms with Crippen LogP contribution in [0.2, 0.25) is 0 Å². The van der Waals surface area contributed by atoms with Gasteiger partial charge in [-0.3, -0.25) is 9.59 Å². The van der Waals surface area contributed by atoms with Gasteiger partial charge in [0.1, 0.15) is 0 Å². The third-order valence-electron chi connectivity index (χ3n) is 2.66. The molecule has 0 spiro atoms. The summed E-state index contributed by atoms with van der Waals surface area (Å²) in [6.07, 6.45) is 1.15. The van der Waals surface area contributed by atoms with E-state index >= 15 is 0 Å². The summed E-state index contributed by atoms with van der Waals surface area (Å²) in [7, 11) is 0. The summed E-state index contributed by atoms with van der Waals surface area (Å²) in [5.41, 5.74) is 1.90. The Hall–Kier alpha value is -1.84. The minimum absolute atomic E-state index is 0.214. The number of carbonyl (C=O) groups is 2. The quantitative estimate of drug-likeness (QED) is 0.709. The summed E-state index contributed by atoms with van der Waals surface area (Å²) in [5.74, 6) is -0.459. The molecule has 4 nitrogen and oxygen atoms in total. The highest BCUT2D eigenvalue weighted by molar-refractivity contribution is 5.73. The second-order valence-corrected chi connectivity index (χ2v) is 4.06. The number of ether oxygens (including phenoxy) is 2. The molecule has 0 N–H and O–H groups in total. The molecule has 0 aliphatic carbocycles. The molecule has 0 unspecified atom stereocenters. The number of esters is 2. The van der Waals surface area contributed by atoms with Crippen LogP contribution in [0.1, 0.15) is 31.4 Å². The van der Waals surface area contributed by atoms with E-state index in [9.17, 15) is 9.59 Å². The van der Waals surface area contributed by atoms with Gasteiger partial charge in [0, 0.05) is 6.42 Å². The van der Waals surface area contributed by atoms with Crippen LogP contribution in [0.3, 0.4) is 0 Å². The van der Waals surface area contributed by atoms with Gasteiger partial charge >= 0.3 is 11.9 Å². The zero-order chi connectivity index (χ0) is 14.1. The van der Waals surface area contributed by atoms with Crippen molar-refractivity contribution in [3.05, 3.63) is 35.4 Å². The molecule has 0 amide bonds. The van der Waals surface area contributed by atoms with E-state index < -0.39 is 0 Å². The molecule has 0 radical (unpaired) electrons. The first-order chi connectivity index (χ1) is 9.17. The highest BCUT2D eigenvalue weighted by Crippen LogP contribution is 2.13. The molecule has 4 heteroatoms. The first kappa shape index (κ1) is 15.2. The zero-order valence-corrected chi connectivity index (χ0v) is 11.5. The molecule has 19 heavy (non-hydrogen) atoms. The standard InChI is InChI=1S/C15H20O4/c1-3-18-14(16)10-9-12-7-5-6-8-13(12)11-15(17)19-4-2/h5-8H,3-4,9-11H2,1-2H3. The van der Waals surface area contributed by atoms with Crippen LogP contribution in [0.4, 0.5) is 0 Å². The van der Waals surface area contributed by atoms with E-state index in [-0.39, 0.29) is 18.4 Å². The molecule has 0 aliphatic heterocycles. The predicted molar refractivity (Wildman–Crippen MR) is 71.7 cm³/mol. The topological polar surface area (TPSA) is 52.6 Å². The number of carbonyl (C=O) groups excluding carboxylic acids is 2. The van der Waals surface area contributed by atoms with Crippen LogP contribution in [-0.4, -0.2) is 25.2 Å². The van der Waals surface area contributed by atoms with Gasteiger partial charge in [-0.2, -0.15) is 0 Å². The van der Waals surface area contributed by atoms with Gasteiger partial charge in [-0.25, -0.2) is 0 Å². The normalized spacial score (nSPS) is 10.0. The number of benzene rings is 1. The smallest absolute Gasteiger partial charge is 0.310 e. The third kappa shape index (κ3) is 5.55. The fourth-order valence-electron chi connectivity index (χ4n) is 1.81. The summed E-state index contributed by atoms with van der Waals surface area (Å²) in [4.78, 5) is 22.8. The predicted octanol–water partition coefficient (Wildman–Crippen LogP) is 2.29. The van der Waals surface area contributed by atoms with Crippen molar-refractivity contribution in [1.82, 2.24) is 0 Å². The van der Waals surface area contributed by atoms with Crippen molar-refractivity contribution >= 4 is 11.9 Å². The molecule has 0 atom stereocenters. The van der Waals surface area contributed by atoms with Crippen LogP contribution in [0, 0.1) is 0 Å². The molecule has 1 rings (SSSR count). The Kier molecular flexibility index (Phi) is 6.64. The summed E-state index contributed by atoms with van der Waals surface area (Å²) >= 11 is 0. The average molecular weight is 264 g/mol. The molecule has 0 bridgehead atoms. The lowest BCUT2D eigenvalue weighted by Crippen LogP contribution is -2.10. The Bertz CT molecular complexity index is 426. The number of rotatable bonds is 7. The van der Waals surface area contributed by atoms with Crippen LogP contribution in [0.5, 0.6) is 0 Å². The van der Waals surface area contributed by atoms with Crippen molar-refractivity contribution in [1.29, 1.82) is 0 Å². The average Bonchev–Trinajstić information content (AvgIpc) is 2.38. The van der Waals surface area contributed by atoms with Crippen molar-refractivity contribution in [2.75, 3.05) is 13.2 Å². The number of hydrogen-bond donors (Lipinski definition) is 0. The van der Waals surface area contributed by atoms with E-state index in [1.807, 2.05) is 24.3 Å². The van der Waals surface area contributed by atoms with Crippen molar-refractivity contribution < 1.29 is 19.1 Å². The van der Waals surface area contributed by atoms with Crippen molar-refractivity contribution in [2.24, 2.45) is 0 Å². The van der Waals surface area contributed by atoms with Crippen molar-refractivity contribution in [2.45, 2.75) is 33.1 Å². The first-order valence-corrected chi connectivity index (χ1v) is 6.55. The fraction of sp³-hybridized carbons (Fsp3) is 0.467. The molecule has 0 heterocycles. The third-order valence-corrected chi connectivity index (χ3v) is 2.66. The van der Waals surface area contributed by atoms with E-state index in [4.69, 9.17) is 9.47 Å². The first-order valence-electron chi connectivity index (χ1n) is 6.55. The largest absolute Gasteiger partial charge is 0.466 e. The van der Waals surface area contributed by atoms with Gasteiger partial charge in [-0.05, 0) is 31.4 Å². The Labute approximate surface area is 113 Å². The Morgan fingerprint density at radius 2 is 1.53 bits per heavy atom. The summed E-state index contributed by atoms with van der Waals surface area (Å²) in [6, 6.07) is 7.59. The number of hydrogen-bond acceptors (Lipinski definition) is 4. The Morgan fingerprint density at radius 3 is 2.16 bits per heavy atom. The van der Waals surface area contributed by atoms with Crippen LogP contribution in [0.15, 0.2) is 24.3 Å². The number of aryl methyl sites for hydroxylation is 1. The lowest BCUT2D eigenvalue weighted by atomic mass is 10.0. The molecule has 0 aromatic heterocycles. The molecule has 0 aliphatic rings. The van der Waals surface area contributed by atoms with Gasteiger partial charge in [0.15, 0.2) is 0 Å². The zero-order valence-electron chi connectivity index (χ0n) is 11.5. The maximum atomic E-state index is 11.5. The Balaban J connectivity index is 2.62. The van der Waals surface area contributed by atoms with E-state index in [0.717, 1.165) is 11.1 Å². The van der Waals surface area contributed by atoms with Gasteiger partial charge in [0.25, 0.3) is 0 Å². The molecule has 1 aromatic carbocycles. The van der Waals surface area contributed by atoms with Gasteiger partial charge in [-0.1, -0.05) is 24.3 Å². The molecule has 1 aromatic rings. The minimum Gasteiger partial charge on any atom is -0.466 e. The van der Waals surface area contributed by atoms with E-state index in [1.165, 1.54) is 0 Å². The molecule has 0 fully saturated rings. The summed E-state index contributed by atoms with van der Waals surface area (Å²) in [5, 5.41) is 0. The van der Waals surface area contributed by atoms with Crippen molar-refractivity contribution in [3.63, 3.8) is 0 Å². The molecule has 104 valence electrons. The van der Waals surface area contributed by atoms with E-state index in [0.29, 0.717) is 26.1 Å². The minimum atomic E-state index is -0.244. The second kappa shape index (κ2) is 8.29. The van der Waals surface area contributed by atoms with Gasteiger partial charge < -0.3 is 9.47 Å². The Morgan fingerprint density at radius 1 is 0.947 bits per heavy atom. The van der Waals surface area contributed by atoms with E-state index in [1.54, 1.807) is 13.8 Å². The summed E-state index contributed by atoms with van der Waals surface area (Å²) in [6.45, 7) is 4.34. The van der Waals surface area contributed by atoms with Crippen LogP contribution in [-0.2, 0) is 31.9 Å². The SMILES string of the molecule is CCOC(=O)CCc1ccccc1CC(=O)OCC. The summed E-state index contributed by atoms with van der Waals surface area (Å²) < 4.78 is 9.83. The molecule has 0 saturated heterocycles. The highest BCUT2D eigenvalue weighted by Gasteiger charge is 2.10.